The Balaban J connectivity index is 1.55. The number of aromatic nitrogens is 2. The maximum Gasteiger partial charge on any atom is 0.181 e. The van der Waals surface area contributed by atoms with Gasteiger partial charge in [-0.3, -0.25) is 4.90 Å². The number of piperidine rings is 1. The second-order valence-corrected chi connectivity index (χ2v) is 5.16. The van der Waals surface area contributed by atoms with Gasteiger partial charge in [-0.05, 0) is 19.9 Å². The lowest BCUT2D eigenvalue weighted by atomic mass is 10.0. The zero-order valence-electron chi connectivity index (χ0n) is 11.0. The minimum atomic E-state index is -0.303. The fraction of sp³-hybridized carbons (Fsp3) is 0.769. The quantitative estimate of drug-likeness (QED) is 0.804. The van der Waals surface area contributed by atoms with Crippen molar-refractivity contribution in [3.8, 4) is 0 Å². The van der Waals surface area contributed by atoms with E-state index in [4.69, 9.17) is 9.47 Å². The number of rotatable bonds is 3. The number of nitrogens with zero attached hydrogens (tertiary/aromatic N) is 3. The van der Waals surface area contributed by atoms with Crippen LogP contribution < -0.4 is 0 Å². The lowest BCUT2D eigenvalue weighted by molar-refractivity contribution is -0.189. The fourth-order valence-corrected chi connectivity index (χ4v) is 2.88. The van der Waals surface area contributed by atoms with Crippen LogP contribution in [0.15, 0.2) is 12.4 Å². The molecular formula is C13H21N3O2. The van der Waals surface area contributed by atoms with Gasteiger partial charge in [0.15, 0.2) is 5.79 Å². The van der Waals surface area contributed by atoms with Crippen LogP contribution in [-0.4, -0.2) is 53.1 Å². The van der Waals surface area contributed by atoms with Crippen LogP contribution in [-0.2, 0) is 16.0 Å². The highest BCUT2D eigenvalue weighted by atomic mass is 16.7. The van der Waals surface area contributed by atoms with Gasteiger partial charge < -0.3 is 14.0 Å². The molecule has 2 aliphatic heterocycles. The van der Waals surface area contributed by atoms with Gasteiger partial charge in [0.2, 0.25) is 0 Å². The van der Waals surface area contributed by atoms with Crippen LogP contribution in [0, 0.1) is 6.92 Å². The topological polar surface area (TPSA) is 39.5 Å². The predicted molar refractivity (Wildman–Crippen MR) is 67.3 cm³/mol. The van der Waals surface area contributed by atoms with Gasteiger partial charge in [0.1, 0.15) is 5.82 Å². The maximum absolute atomic E-state index is 5.79. The van der Waals surface area contributed by atoms with Crippen LogP contribution in [0.5, 0.6) is 0 Å². The highest BCUT2D eigenvalue weighted by molar-refractivity contribution is 4.89. The first-order valence-electron chi connectivity index (χ1n) is 6.75. The van der Waals surface area contributed by atoms with Crippen molar-refractivity contribution in [2.24, 2.45) is 0 Å². The summed E-state index contributed by atoms with van der Waals surface area (Å²) in [6.07, 6.45) is 6.09. The minimum absolute atomic E-state index is 0.303. The third kappa shape index (κ3) is 2.43. The monoisotopic (exact) mass is 251 g/mol. The molecule has 0 radical (unpaired) electrons. The Morgan fingerprint density at radius 1 is 1.33 bits per heavy atom. The molecule has 2 fully saturated rings. The van der Waals surface area contributed by atoms with Crippen molar-refractivity contribution < 1.29 is 9.47 Å². The van der Waals surface area contributed by atoms with Crippen molar-refractivity contribution >= 4 is 0 Å². The number of hydrogen-bond donors (Lipinski definition) is 0. The molecule has 18 heavy (non-hydrogen) atoms. The van der Waals surface area contributed by atoms with Crippen molar-refractivity contribution in [2.45, 2.75) is 32.1 Å². The van der Waals surface area contributed by atoms with E-state index in [2.05, 4.69) is 14.5 Å². The van der Waals surface area contributed by atoms with Crippen LogP contribution >= 0.6 is 0 Å². The molecule has 0 bridgehead atoms. The van der Waals surface area contributed by atoms with Gasteiger partial charge in [-0.2, -0.15) is 0 Å². The molecule has 5 heteroatoms. The number of imidazole rings is 1. The third-order valence-corrected chi connectivity index (χ3v) is 3.89. The molecule has 0 unspecified atom stereocenters. The summed E-state index contributed by atoms with van der Waals surface area (Å²) in [6.45, 7) is 7.60. The van der Waals surface area contributed by atoms with Crippen molar-refractivity contribution in [1.82, 2.24) is 14.5 Å². The van der Waals surface area contributed by atoms with Gasteiger partial charge in [0.25, 0.3) is 0 Å². The zero-order chi connectivity index (χ0) is 12.4. The van der Waals surface area contributed by atoms with Crippen molar-refractivity contribution in [3.05, 3.63) is 18.2 Å². The summed E-state index contributed by atoms with van der Waals surface area (Å²) >= 11 is 0. The molecular weight excluding hydrogens is 230 g/mol. The summed E-state index contributed by atoms with van der Waals surface area (Å²) in [5.41, 5.74) is 0. The smallest absolute Gasteiger partial charge is 0.181 e. The highest BCUT2D eigenvalue weighted by Gasteiger charge is 2.40. The van der Waals surface area contributed by atoms with Gasteiger partial charge in [0, 0.05) is 31.9 Å². The molecule has 2 saturated heterocycles. The molecule has 1 spiro atoms. The average Bonchev–Trinajstić information content (AvgIpc) is 2.97. The first-order chi connectivity index (χ1) is 8.77. The molecule has 5 nitrogen and oxygen atoms in total. The second-order valence-electron chi connectivity index (χ2n) is 5.16. The van der Waals surface area contributed by atoms with E-state index in [0.717, 1.165) is 58.1 Å². The van der Waals surface area contributed by atoms with Crippen LogP contribution in [0.2, 0.25) is 0 Å². The Labute approximate surface area is 108 Å². The standard InChI is InChI=1S/C13H21N3O2/c1-12-14-4-6-16(12)8-7-15-5-2-3-13(11-15)17-9-10-18-13/h4,6H,2-3,5,7-11H2,1H3. The van der Waals surface area contributed by atoms with Crippen LogP contribution in [0.1, 0.15) is 18.7 Å². The van der Waals surface area contributed by atoms with Crippen LogP contribution in [0.3, 0.4) is 0 Å². The van der Waals surface area contributed by atoms with Gasteiger partial charge in [-0.1, -0.05) is 0 Å². The molecule has 0 aromatic carbocycles. The molecule has 1 aromatic heterocycles. The highest BCUT2D eigenvalue weighted by Crippen LogP contribution is 2.29. The maximum atomic E-state index is 5.79. The number of hydrogen-bond acceptors (Lipinski definition) is 4. The predicted octanol–water partition coefficient (Wildman–Crippen LogP) is 1.03. The van der Waals surface area contributed by atoms with Crippen LogP contribution in [0.25, 0.3) is 0 Å². The average molecular weight is 251 g/mol. The van der Waals surface area contributed by atoms with E-state index >= 15 is 0 Å². The summed E-state index contributed by atoms with van der Waals surface area (Å²) < 4.78 is 13.8. The van der Waals surface area contributed by atoms with E-state index in [1.807, 2.05) is 19.3 Å². The molecule has 2 aliphatic rings. The van der Waals surface area contributed by atoms with Crippen LogP contribution in [0.4, 0.5) is 0 Å². The van der Waals surface area contributed by atoms with Gasteiger partial charge >= 0.3 is 0 Å². The molecule has 1 aromatic rings. The Hall–Kier alpha value is -0.910. The van der Waals surface area contributed by atoms with Gasteiger partial charge in [-0.15, -0.1) is 0 Å². The molecule has 0 amide bonds. The summed E-state index contributed by atoms with van der Waals surface area (Å²) in [5, 5.41) is 0. The van der Waals surface area contributed by atoms with E-state index in [-0.39, 0.29) is 5.79 Å². The molecule has 0 atom stereocenters. The number of likely N-dealkylation sites (tertiary alicyclic amines) is 1. The first-order valence-corrected chi connectivity index (χ1v) is 6.75. The first kappa shape index (κ1) is 12.1. The minimum Gasteiger partial charge on any atom is -0.346 e. The Morgan fingerprint density at radius 2 is 2.17 bits per heavy atom. The number of ether oxygens (including phenoxy) is 2. The molecule has 0 aliphatic carbocycles. The van der Waals surface area contributed by atoms with E-state index in [1.54, 1.807) is 0 Å². The zero-order valence-corrected chi connectivity index (χ0v) is 11.0. The Kier molecular flexibility index (Phi) is 3.37. The second kappa shape index (κ2) is 4.99. The molecule has 3 rings (SSSR count). The van der Waals surface area contributed by atoms with Crippen molar-refractivity contribution in [1.29, 1.82) is 0 Å². The van der Waals surface area contributed by atoms with E-state index in [9.17, 15) is 0 Å². The fourth-order valence-electron chi connectivity index (χ4n) is 2.88. The Bertz CT molecular complexity index is 399. The Morgan fingerprint density at radius 3 is 2.89 bits per heavy atom. The summed E-state index contributed by atoms with van der Waals surface area (Å²) in [7, 11) is 0. The van der Waals surface area contributed by atoms with Crippen molar-refractivity contribution in [2.75, 3.05) is 32.8 Å². The summed E-state index contributed by atoms with van der Waals surface area (Å²) in [6, 6.07) is 0. The largest absolute Gasteiger partial charge is 0.346 e. The third-order valence-electron chi connectivity index (χ3n) is 3.89. The van der Waals surface area contributed by atoms with E-state index in [1.165, 1.54) is 0 Å². The molecule has 100 valence electrons. The van der Waals surface area contributed by atoms with Crippen molar-refractivity contribution in [3.63, 3.8) is 0 Å². The SMILES string of the molecule is Cc1nccn1CCN1CCCC2(C1)OCCO2. The lowest BCUT2D eigenvalue weighted by Crippen LogP contribution is -2.49. The molecule has 3 heterocycles. The molecule has 0 saturated carbocycles. The van der Waals surface area contributed by atoms with E-state index in [0.29, 0.717) is 0 Å². The van der Waals surface area contributed by atoms with Gasteiger partial charge in [0.05, 0.1) is 19.8 Å². The number of aryl methyl sites for hydroxylation is 1. The lowest BCUT2D eigenvalue weighted by Gasteiger charge is -2.38. The normalized spacial score (nSPS) is 23.8. The molecule has 0 N–H and O–H groups in total. The summed E-state index contributed by atoms with van der Waals surface area (Å²) in [5.74, 6) is 0.775. The summed E-state index contributed by atoms with van der Waals surface area (Å²) in [4.78, 5) is 6.69. The van der Waals surface area contributed by atoms with E-state index < -0.39 is 0 Å². The van der Waals surface area contributed by atoms with Gasteiger partial charge in [-0.25, -0.2) is 4.98 Å².